The molecule has 1 radical (unpaired) electrons. The van der Waals surface area contributed by atoms with Gasteiger partial charge in [-0.3, -0.25) is 4.79 Å². The predicted octanol–water partition coefficient (Wildman–Crippen LogP) is 1.03. The van der Waals surface area contributed by atoms with Crippen molar-refractivity contribution in [2.45, 2.75) is 20.3 Å². The fraction of sp³-hybridized carbons (Fsp3) is 0.833. The number of carbonyl (C=O) groups is 1. The molecular weight excluding hydrogens is 104 g/mol. The summed E-state index contributed by atoms with van der Waals surface area (Å²) in [7, 11) is 0. The van der Waals surface area contributed by atoms with Crippen LogP contribution < -0.4 is 0 Å². The molecule has 0 aliphatic rings. The monoisotopic (exact) mass is 115 g/mol. The molecule has 0 aliphatic carbocycles. The Balaban J connectivity index is 3.46. The molecule has 2 nitrogen and oxygen atoms in total. The van der Waals surface area contributed by atoms with Crippen molar-refractivity contribution in [1.82, 2.24) is 0 Å². The van der Waals surface area contributed by atoms with Gasteiger partial charge in [-0.15, -0.1) is 0 Å². The van der Waals surface area contributed by atoms with Gasteiger partial charge in [-0.2, -0.15) is 0 Å². The Labute approximate surface area is 49.5 Å². The molecular formula is C6H11O2. The lowest BCUT2D eigenvalue weighted by Gasteiger charge is -2.00. The van der Waals surface area contributed by atoms with Crippen molar-refractivity contribution in [1.29, 1.82) is 0 Å². The third-order valence-corrected chi connectivity index (χ3v) is 1.30. The first-order valence-corrected chi connectivity index (χ1v) is 2.83. The third-order valence-electron chi connectivity index (χ3n) is 1.30. The molecule has 0 aliphatic heterocycles. The van der Waals surface area contributed by atoms with E-state index in [1.807, 2.05) is 6.92 Å². The second-order valence-electron chi connectivity index (χ2n) is 1.92. The Kier molecular flexibility index (Phi) is 3.44. The smallest absolute Gasteiger partial charge is 0.164 e. The number of hydrogen-bond donors (Lipinski definition) is 0. The summed E-state index contributed by atoms with van der Waals surface area (Å²) in [6, 6.07) is 0. The van der Waals surface area contributed by atoms with E-state index in [0.29, 0.717) is 0 Å². The van der Waals surface area contributed by atoms with Crippen molar-refractivity contribution >= 4 is 5.78 Å². The molecule has 0 N–H and O–H groups in total. The summed E-state index contributed by atoms with van der Waals surface area (Å²) in [5.41, 5.74) is 0. The van der Waals surface area contributed by atoms with E-state index >= 15 is 0 Å². The summed E-state index contributed by atoms with van der Waals surface area (Å²) >= 11 is 0. The number of hydrogen-bond acceptors (Lipinski definition) is 1. The van der Waals surface area contributed by atoms with Crippen LogP contribution in [0.1, 0.15) is 20.3 Å². The standard InChI is InChI=1S/C6H11O2/c1-3-5(2)6(8)4-7/h5H,3-4H2,1-2H3. The quantitative estimate of drug-likeness (QED) is 0.541. The molecule has 47 valence electrons. The summed E-state index contributed by atoms with van der Waals surface area (Å²) in [5, 5.41) is 9.88. The van der Waals surface area contributed by atoms with Crippen molar-refractivity contribution in [2.75, 3.05) is 6.61 Å². The molecule has 0 heterocycles. The van der Waals surface area contributed by atoms with Gasteiger partial charge in [0, 0.05) is 5.92 Å². The zero-order valence-electron chi connectivity index (χ0n) is 5.31. The van der Waals surface area contributed by atoms with E-state index in [2.05, 4.69) is 0 Å². The Morgan fingerprint density at radius 2 is 2.12 bits per heavy atom. The van der Waals surface area contributed by atoms with E-state index in [9.17, 15) is 9.90 Å². The second-order valence-corrected chi connectivity index (χ2v) is 1.92. The van der Waals surface area contributed by atoms with E-state index in [-0.39, 0.29) is 11.7 Å². The molecule has 0 aromatic heterocycles. The topological polar surface area (TPSA) is 37.0 Å². The molecule has 8 heavy (non-hydrogen) atoms. The minimum absolute atomic E-state index is 0.0347. The molecule has 0 bridgehead atoms. The highest BCUT2D eigenvalue weighted by Crippen LogP contribution is 2.00. The van der Waals surface area contributed by atoms with Gasteiger partial charge in [0.05, 0.1) is 0 Å². The van der Waals surface area contributed by atoms with Crippen LogP contribution in [0.4, 0.5) is 0 Å². The van der Waals surface area contributed by atoms with E-state index in [1.165, 1.54) is 0 Å². The maximum Gasteiger partial charge on any atom is 0.164 e. The lowest BCUT2D eigenvalue weighted by atomic mass is 10.1. The van der Waals surface area contributed by atoms with Gasteiger partial charge in [0.25, 0.3) is 0 Å². The fourth-order valence-corrected chi connectivity index (χ4v) is 0.370. The van der Waals surface area contributed by atoms with E-state index < -0.39 is 6.61 Å². The van der Waals surface area contributed by atoms with Gasteiger partial charge in [-0.25, -0.2) is 5.11 Å². The summed E-state index contributed by atoms with van der Waals surface area (Å²) in [6.45, 7) is 3.12. The van der Waals surface area contributed by atoms with E-state index in [4.69, 9.17) is 0 Å². The Hall–Kier alpha value is -0.370. The summed E-state index contributed by atoms with van der Waals surface area (Å²) in [5.74, 6) is -0.208. The molecule has 0 spiro atoms. The van der Waals surface area contributed by atoms with E-state index in [0.717, 1.165) is 6.42 Å². The first-order valence-electron chi connectivity index (χ1n) is 2.83. The highest BCUT2D eigenvalue weighted by atomic mass is 16.3. The number of ketones is 1. The van der Waals surface area contributed by atoms with Crippen LogP contribution in [0.25, 0.3) is 0 Å². The Morgan fingerprint density at radius 3 is 2.25 bits per heavy atom. The van der Waals surface area contributed by atoms with Crippen LogP contribution in [0.15, 0.2) is 0 Å². The van der Waals surface area contributed by atoms with Crippen LogP contribution in [0, 0.1) is 5.92 Å². The normalized spacial score (nSPS) is 13.4. The molecule has 1 unspecified atom stereocenters. The van der Waals surface area contributed by atoms with Gasteiger partial charge in [0.2, 0.25) is 0 Å². The SMILES string of the molecule is CCC(C)C(=O)C[O]. The number of carbonyl (C=O) groups excluding carboxylic acids is 1. The van der Waals surface area contributed by atoms with Crippen LogP contribution >= 0.6 is 0 Å². The Morgan fingerprint density at radius 1 is 1.62 bits per heavy atom. The molecule has 0 amide bonds. The molecule has 2 heteroatoms. The van der Waals surface area contributed by atoms with Crippen molar-refractivity contribution in [3.63, 3.8) is 0 Å². The molecule has 0 saturated carbocycles. The van der Waals surface area contributed by atoms with Gasteiger partial charge in [0.1, 0.15) is 6.61 Å². The molecule has 0 saturated heterocycles. The lowest BCUT2D eigenvalue weighted by Crippen LogP contribution is -2.12. The van der Waals surface area contributed by atoms with Gasteiger partial charge in [0.15, 0.2) is 5.78 Å². The van der Waals surface area contributed by atoms with Crippen LogP contribution in [0.2, 0.25) is 0 Å². The minimum atomic E-state index is -0.561. The zero-order chi connectivity index (χ0) is 6.57. The Bertz CT molecular complexity index is 78.6. The predicted molar refractivity (Wildman–Crippen MR) is 30.0 cm³/mol. The molecule has 0 fully saturated rings. The number of Topliss-reactive ketones (excluding diaryl/α,β-unsaturated/α-hetero) is 1. The highest BCUT2D eigenvalue weighted by molar-refractivity contribution is 5.81. The maximum atomic E-state index is 10.4. The summed E-state index contributed by atoms with van der Waals surface area (Å²) in [6.07, 6.45) is 0.779. The maximum absolute atomic E-state index is 10.4. The van der Waals surface area contributed by atoms with Gasteiger partial charge >= 0.3 is 0 Å². The van der Waals surface area contributed by atoms with Crippen LogP contribution in [0.5, 0.6) is 0 Å². The van der Waals surface area contributed by atoms with E-state index in [1.54, 1.807) is 6.92 Å². The average molecular weight is 115 g/mol. The number of rotatable bonds is 3. The van der Waals surface area contributed by atoms with Crippen LogP contribution in [-0.2, 0) is 9.90 Å². The first-order chi connectivity index (χ1) is 3.72. The van der Waals surface area contributed by atoms with Crippen molar-refractivity contribution in [2.24, 2.45) is 5.92 Å². The summed E-state index contributed by atoms with van der Waals surface area (Å²) in [4.78, 5) is 10.4. The van der Waals surface area contributed by atoms with Gasteiger partial charge in [-0.1, -0.05) is 13.8 Å². The first kappa shape index (κ1) is 7.63. The molecule has 0 aromatic carbocycles. The van der Waals surface area contributed by atoms with Crippen molar-refractivity contribution < 1.29 is 9.90 Å². The van der Waals surface area contributed by atoms with Crippen molar-refractivity contribution in [3.8, 4) is 0 Å². The van der Waals surface area contributed by atoms with Gasteiger partial charge in [-0.05, 0) is 6.42 Å². The third kappa shape index (κ3) is 2.07. The average Bonchev–Trinajstić information content (AvgIpc) is 1.84. The zero-order valence-corrected chi connectivity index (χ0v) is 5.31. The largest absolute Gasteiger partial charge is 0.297 e. The second kappa shape index (κ2) is 3.61. The molecule has 0 aromatic rings. The molecule has 1 atom stereocenters. The van der Waals surface area contributed by atoms with Crippen LogP contribution in [-0.4, -0.2) is 12.4 Å². The fourth-order valence-electron chi connectivity index (χ4n) is 0.370. The van der Waals surface area contributed by atoms with Crippen molar-refractivity contribution in [3.05, 3.63) is 0 Å². The summed E-state index contributed by atoms with van der Waals surface area (Å²) < 4.78 is 0. The highest BCUT2D eigenvalue weighted by Gasteiger charge is 2.07. The van der Waals surface area contributed by atoms with Crippen LogP contribution in [0.3, 0.4) is 0 Å². The minimum Gasteiger partial charge on any atom is -0.297 e. The van der Waals surface area contributed by atoms with Gasteiger partial charge < -0.3 is 0 Å². The molecule has 0 rings (SSSR count). The lowest BCUT2D eigenvalue weighted by molar-refractivity contribution is -0.126.